The van der Waals surface area contributed by atoms with Crippen molar-refractivity contribution in [1.82, 2.24) is 0 Å². The SMILES string of the molecule is CCC(C)=NN(C(C)=O)c1ccccc1. The number of hydrogen-bond acceptors (Lipinski definition) is 2. The van der Waals surface area contributed by atoms with Gasteiger partial charge in [-0.2, -0.15) is 5.10 Å². The molecule has 0 bridgehead atoms. The fourth-order valence-electron chi connectivity index (χ4n) is 1.12. The van der Waals surface area contributed by atoms with Gasteiger partial charge < -0.3 is 0 Å². The molecule has 0 atom stereocenters. The third-order valence-electron chi connectivity index (χ3n) is 2.08. The Balaban J connectivity index is 2.99. The second-order valence-electron chi connectivity index (χ2n) is 3.36. The summed E-state index contributed by atoms with van der Waals surface area (Å²) in [5.74, 6) is -0.0750. The first-order chi connectivity index (χ1) is 7.15. The molecule has 15 heavy (non-hydrogen) atoms. The summed E-state index contributed by atoms with van der Waals surface area (Å²) in [5.41, 5.74) is 1.74. The van der Waals surface area contributed by atoms with E-state index in [9.17, 15) is 4.79 Å². The summed E-state index contributed by atoms with van der Waals surface area (Å²) in [4.78, 5) is 11.4. The molecule has 0 fully saturated rings. The highest BCUT2D eigenvalue weighted by molar-refractivity contribution is 5.94. The van der Waals surface area contributed by atoms with Gasteiger partial charge in [0, 0.05) is 12.6 Å². The highest BCUT2D eigenvalue weighted by atomic mass is 16.2. The van der Waals surface area contributed by atoms with Crippen LogP contribution >= 0.6 is 0 Å². The lowest BCUT2D eigenvalue weighted by Gasteiger charge is -2.15. The maximum atomic E-state index is 11.4. The first kappa shape index (κ1) is 11.4. The smallest absolute Gasteiger partial charge is 0.244 e. The van der Waals surface area contributed by atoms with Gasteiger partial charge in [-0.1, -0.05) is 25.1 Å². The van der Waals surface area contributed by atoms with Gasteiger partial charge in [-0.15, -0.1) is 0 Å². The highest BCUT2D eigenvalue weighted by Crippen LogP contribution is 2.14. The van der Waals surface area contributed by atoms with E-state index in [2.05, 4.69) is 5.10 Å². The predicted molar refractivity (Wildman–Crippen MR) is 63.0 cm³/mol. The van der Waals surface area contributed by atoms with E-state index in [-0.39, 0.29) is 5.91 Å². The number of hydrazone groups is 1. The van der Waals surface area contributed by atoms with E-state index in [4.69, 9.17) is 0 Å². The van der Waals surface area contributed by atoms with Crippen LogP contribution < -0.4 is 5.01 Å². The van der Waals surface area contributed by atoms with E-state index >= 15 is 0 Å². The van der Waals surface area contributed by atoms with Crippen LogP contribution in [0, 0.1) is 0 Å². The zero-order valence-corrected chi connectivity index (χ0v) is 9.40. The van der Waals surface area contributed by atoms with Crippen LogP contribution in [0.5, 0.6) is 0 Å². The third kappa shape index (κ3) is 3.20. The Morgan fingerprint density at radius 1 is 1.27 bits per heavy atom. The maximum absolute atomic E-state index is 11.4. The quantitative estimate of drug-likeness (QED) is 0.550. The van der Waals surface area contributed by atoms with Crippen LogP contribution in [0.25, 0.3) is 0 Å². The van der Waals surface area contributed by atoms with E-state index in [1.54, 1.807) is 0 Å². The first-order valence-electron chi connectivity index (χ1n) is 5.05. The Morgan fingerprint density at radius 3 is 2.33 bits per heavy atom. The average molecular weight is 204 g/mol. The summed E-state index contributed by atoms with van der Waals surface area (Å²) in [6.45, 7) is 5.44. The second-order valence-corrected chi connectivity index (χ2v) is 3.36. The minimum absolute atomic E-state index is 0.0750. The molecule has 1 aromatic carbocycles. The molecule has 0 saturated heterocycles. The summed E-state index contributed by atoms with van der Waals surface area (Å²) < 4.78 is 0. The number of carbonyl (C=O) groups is 1. The van der Waals surface area contributed by atoms with Crippen LogP contribution in [-0.2, 0) is 4.79 Å². The molecular formula is C12H16N2O. The molecule has 0 radical (unpaired) electrons. The van der Waals surface area contributed by atoms with Crippen LogP contribution in [0.3, 0.4) is 0 Å². The number of hydrogen-bond donors (Lipinski definition) is 0. The maximum Gasteiger partial charge on any atom is 0.244 e. The Labute approximate surface area is 90.4 Å². The van der Waals surface area contributed by atoms with Crippen molar-refractivity contribution in [3.05, 3.63) is 30.3 Å². The number of carbonyl (C=O) groups excluding carboxylic acids is 1. The largest absolute Gasteiger partial charge is 0.273 e. The Kier molecular flexibility index (Phi) is 4.03. The second kappa shape index (κ2) is 5.29. The summed E-state index contributed by atoms with van der Waals surface area (Å²) in [5, 5.41) is 5.69. The topological polar surface area (TPSA) is 32.7 Å². The van der Waals surface area contributed by atoms with Gasteiger partial charge in [-0.05, 0) is 25.5 Å². The molecule has 0 aliphatic rings. The molecule has 0 aliphatic heterocycles. The van der Waals surface area contributed by atoms with E-state index in [1.807, 2.05) is 44.2 Å². The minimum Gasteiger partial charge on any atom is -0.273 e. The normalized spacial score (nSPS) is 11.3. The van der Waals surface area contributed by atoms with Crippen LogP contribution in [0.15, 0.2) is 35.4 Å². The lowest BCUT2D eigenvalue weighted by Crippen LogP contribution is -2.23. The van der Waals surface area contributed by atoms with E-state index in [1.165, 1.54) is 11.9 Å². The Hall–Kier alpha value is -1.64. The lowest BCUT2D eigenvalue weighted by molar-refractivity contribution is -0.116. The van der Waals surface area contributed by atoms with E-state index in [0.29, 0.717) is 0 Å². The van der Waals surface area contributed by atoms with Crippen molar-refractivity contribution >= 4 is 17.3 Å². The number of rotatable bonds is 3. The number of anilines is 1. The number of benzene rings is 1. The minimum atomic E-state index is -0.0750. The molecule has 0 spiro atoms. The van der Waals surface area contributed by atoms with Crippen molar-refractivity contribution in [2.75, 3.05) is 5.01 Å². The van der Waals surface area contributed by atoms with Crippen molar-refractivity contribution in [2.24, 2.45) is 5.10 Å². The molecule has 0 heterocycles. The standard InChI is InChI=1S/C12H16N2O/c1-4-10(2)13-14(11(3)15)12-8-6-5-7-9-12/h5-9H,4H2,1-3H3. The van der Waals surface area contributed by atoms with Gasteiger partial charge in [0.2, 0.25) is 5.91 Å². The van der Waals surface area contributed by atoms with Crippen LogP contribution in [-0.4, -0.2) is 11.6 Å². The lowest BCUT2D eigenvalue weighted by atomic mass is 10.3. The van der Waals surface area contributed by atoms with Crippen LogP contribution in [0.1, 0.15) is 27.2 Å². The molecule has 1 amide bonds. The number of amides is 1. The van der Waals surface area contributed by atoms with Crippen molar-refractivity contribution < 1.29 is 4.79 Å². The zero-order valence-electron chi connectivity index (χ0n) is 9.40. The molecule has 1 aromatic rings. The number of nitrogens with zero attached hydrogens (tertiary/aromatic N) is 2. The third-order valence-corrected chi connectivity index (χ3v) is 2.08. The molecule has 0 N–H and O–H groups in total. The molecule has 1 rings (SSSR count). The summed E-state index contributed by atoms with van der Waals surface area (Å²) in [6, 6.07) is 9.43. The molecule has 0 aliphatic carbocycles. The molecule has 3 heteroatoms. The van der Waals surface area contributed by atoms with Crippen molar-refractivity contribution in [1.29, 1.82) is 0 Å². The van der Waals surface area contributed by atoms with Gasteiger partial charge in [0.1, 0.15) is 0 Å². The monoisotopic (exact) mass is 204 g/mol. The predicted octanol–water partition coefficient (Wildman–Crippen LogP) is 2.83. The number of para-hydroxylation sites is 1. The van der Waals surface area contributed by atoms with Gasteiger partial charge in [0.05, 0.1) is 5.69 Å². The van der Waals surface area contributed by atoms with Crippen molar-refractivity contribution in [3.8, 4) is 0 Å². The van der Waals surface area contributed by atoms with E-state index < -0.39 is 0 Å². The van der Waals surface area contributed by atoms with Gasteiger partial charge in [-0.25, -0.2) is 5.01 Å². The fourth-order valence-corrected chi connectivity index (χ4v) is 1.12. The average Bonchev–Trinajstić information content (AvgIpc) is 2.26. The summed E-state index contributed by atoms with van der Waals surface area (Å²) >= 11 is 0. The molecule has 3 nitrogen and oxygen atoms in total. The zero-order chi connectivity index (χ0) is 11.3. The summed E-state index contributed by atoms with van der Waals surface area (Å²) in [7, 11) is 0. The molecule has 0 saturated carbocycles. The van der Waals surface area contributed by atoms with Crippen molar-refractivity contribution in [3.63, 3.8) is 0 Å². The van der Waals surface area contributed by atoms with E-state index in [0.717, 1.165) is 17.8 Å². The molecule has 0 unspecified atom stereocenters. The van der Waals surface area contributed by atoms with Crippen LogP contribution in [0.2, 0.25) is 0 Å². The Bertz CT molecular complexity index is 357. The summed E-state index contributed by atoms with van der Waals surface area (Å²) in [6.07, 6.45) is 0.844. The molecular weight excluding hydrogens is 188 g/mol. The highest BCUT2D eigenvalue weighted by Gasteiger charge is 2.09. The first-order valence-corrected chi connectivity index (χ1v) is 5.05. The van der Waals surface area contributed by atoms with Gasteiger partial charge in [0.25, 0.3) is 0 Å². The van der Waals surface area contributed by atoms with Gasteiger partial charge in [0.15, 0.2) is 0 Å². The molecule has 80 valence electrons. The van der Waals surface area contributed by atoms with Gasteiger partial charge in [-0.3, -0.25) is 4.79 Å². The van der Waals surface area contributed by atoms with Crippen molar-refractivity contribution in [2.45, 2.75) is 27.2 Å². The fraction of sp³-hybridized carbons (Fsp3) is 0.333. The van der Waals surface area contributed by atoms with Crippen LogP contribution in [0.4, 0.5) is 5.69 Å². The Morgan fingerprint density at radius 2 is 1.87 bits per heavy atom. The molecule has 0 aromatic heterocycles. The van der Waals surface area contributed by atoms with Gasteiger partial charge >= 0.3 is 0 Å².